The molecular weight excluding hydrogens is 216 g/mol. The van der Waals surface area contributed by atoms with Crippen molar-refractivity contribution < 1.29 is 0 Å². The monoisotopic (exact) mass is 232 g/mol. The number of aryl methyl sites for hydroxylation is 2. The first-order chi connectivity index (χ1) is 7.70. The van der Waals surface area contributed by atoms with Gasteiger partial charge < -0.3 is 5.32 Å². The summed E-state index contributed by atoms with van der Waals surface area (Å²) in [5, 5.41) is 4.29. The summed E-state index contributed by atoms with van der Waals surface area (Å²) in [6, 6.07) is 8.49. The van der Waals surface area contributed by atoms with Gasteiger partial charge in [-0.2, -0.15) is 0 Å². The highest BCUT2D eigenvalue weighted by atomic mass is 32.1. The van der Waals surface area contributed by atoms with E-state index in [1.54, 1.807) is 11.3 Å². The molecular formula is C13H16N2S. The summed E-state index contributed by atoms with van der Waals surface area (Å²) in [5.41, 5.74) is 3.63. The molecule has 1 N–H and O–H groups in total. The zero-order valence-corrected chi connectivity index (χ0v) is 10.7. The minimum absolute atomic E-state index is 0.898. The summed E-state index contributed by atoms with van der Waals surface area (Å²) in [6.07, 6.45) is 0. The Balaban J connectivity index is 2.37. The zero-order chi connectivity index (χ0) is 11.5. The number of rotatable bonds is 3. The number of nitrogens with zero attached hydrogens (tertiary/aromatic N) is 1. The molecule has 1 aromatic heterocycles. The summed E-state index contributed by atoms with van der Waals surface area (Å²) >= 11 is 1.77. The SMILES string of the molecule is CNCc1sc(-c2cccc(C)c2)nc1C. The van der Waals surface area contributed by atoms with Gasteiger partial charge >= 0.3 is 0 Å². The lowest BCUT2D eigenvalue weighted by Crippen LogP contribution is -2.04. The highest BCUT2D eigenvalue weighted by Gasteiger charge is 2.08. The minimum atomic E-state index is 0.898. The van der Waals surface area contributed by atoms with E-state index < -0.39 is 0 Å². The van der Waals surface area contributed by atoms with E-state index in [9.17, 15) is 0 Å². The first-order valence-corrected chi connectivity index (χ1v) is 6.20. The maximum atomic E-state index is 4.62. The van der Waals surface area contributed by atoms with Gasteiger partial charge in [0.25, 0.3) is 0 Å². The van der Waals surface area contributed by atoms with Crippen molar-refractivity contribution in [3.63, 3.8) is 0 Å². The van der Waals surface area contributed by atoms with Gasteiger partial charge in [-0.05, 0) is 27.0 Å². The molecule has 0 saturated carbocycles. The Labute approximate surface area is 100 Å². The van der Waals surface area contributed by atoms with Crippen molar-refractivity contribution in [3.8, 4) is 10.6 Å². The summed E-state index contributed by atoms with van der Waals surface area (Å²) in [4.78, 5) is 5.94. The van der Waals surface area contributed by atoms with Crippen LogP contribution < -0.4 is 5.32 Å². The normalized spacial score (nSPS) is 10.7. The molecule has 0 atom stereocenters. The van der Waals surface area contributed by atoms with E-state index in [2.05, 4.69) is 48.4 Å². The van der Waals surface area contributed by atoms with E-state index in [4.69, 9.17) is 0 Å². The fourth-order valence-corrected chi connectivity index (χ4v) is 2.72. The van der Waals surface area contributed by atoms with Gasteiger partial charge in [0.1, 0.15) is 5.01 Å². The van der Waals surface area contributed by atoms with Gasteiger partial charge in [0, 0.05) is 17.0 Å². The second-order valence-electron chi connectivity index (χ2n) is 3.93. The van der Waals surface area contributed by atoms with Crippen LogP contribution in [0.1, 0.15) is 16.1 Å². The number of nitrogens with one attached hydrogen (secondary N) is 1. The summed E-state index contributed by atoms with van der Waals surface area (Å²) in [6.45, 7) is 5.08. The molecule has 2 aromatic rings. The smallest absolute Gasteiger partial charge is 0.123 e. The van der Waals surface area contributed by atoms with Crippen molar-refractivity contribution in [2.24, 2.45) is 0 Å². The highest BCUT2D eigenvalue weighted by molar-refractivity contribution is 7.15. The lowest BCUT2D eigenvalue weighted by atomic mass is 10.1. The average Bonchev–Trinajstić information content (AvgIpc) is 2.61. The highest BCUT2D eigenvalue weighted by Crippen LogP contribution is 2.28. The number of hydrogen-bond acceptors (Lipinski definition) is 3. The molecule has 0 unspecified atom stereocenters. The van der Waals surface area contributed by atoms with Crippen molar-refractivity contribution in [3.05, 3.63) is 40.4 Å². The molecule has 2 nitrogen and oxygen atoms in total. The van der Waals surface area contributed by atoms with Crippen LogP contribution in [0.4, 0.5) is 0 Å². The number of thiazole rings is 1. The average molecular weight is 232 g/mol. The molecule has 0 spiro atoms. The van der Waals surface area contributed by atoms with Crippen molar-refractivity contribution >= 4 is 11.3 Å². The Hall–Kier alpha value is -1.19. The Morgan fingerprint density at radius 2 is 2.12 bits per heavy atom. The van der Waals surface area contributed by atoms with Gasteiger partial charge in [-0.15, -0.1) is 11.3 Å². The molecule has 0 aliphatic carbocycles. The Kier molecular flexibility index (Phi) is 3.36. The lowest BCUT2D eigenvalue weighted by molar-refractivity contribution is 0.823. The van der Waals surface area contributed by atoms with Crippen molar-refractivity contribution in [2.45, 2.75) is 20.4 Å². The molecule has 16 heavy (non-hydrogen) atoms. The van der Waals surface area contributed by atoms with Crippen LogP contribution in [-0.4, -0.2) is 12.0 Å². The molecule has 0 aliphatic heterocycles. The maximum Gasteiger partial charge on any atom is 0.123 e. The zero-order valence-electron chi connectivity index (χ0n) is 9.87. The predicted molar refractivity (Wildman–Crippen MR) is 69.8 cm³/mol. The van der Waals surface area contributed by atoms with Crippen molar-refractivity contribution in [1.82, 2.24) is 10.3 Å². The van der Waals surface area contributed by atoms with Crippen LogP contribution in [0.5, 0.6) is 0 Å². The van der Waals surface area contributed by atoms with E-state index in [1.807, 2.05) is 7.05 Å². The van der Waals surface area contributed by atoms with E-state index in [0.29, 0.717) is 0 Å². The molecule has 0 fully saturated rings. The Morgan fingerprint density at radius 1 is 1.31 bits per heavy atom. The lowest BCUT2D eigenvalue weighted by Gasteiger charge is -1.97. The van der Waals surface area contributed by atoms with Gasteiger partial charge in [-0.25, -0.2) is 4.98 Å². The van der Waals surface area contributed by atoms with Crippen LogP contribution >= 0.6 is 11.3 Å². The van der Waals surface area contributed by atoms with Gasteiger partial charge in [0.2, 0.25) is 0 Å². The molecule has 0 aliphatic rings. The van der Waals surface area contributed by atoms with Gasteiger partial charge in [-0.1, -0.05) is 23.8 Å². The Morgan fingerprint density at radius 3 is 2.81 bits per heavy atom. The number of aromatic nitrogens is 1. The first-order valence-electron chi connectivity index (χ1n) is 5.38. The molecule has 3 heteroatoms. The van der Waals surface area contributed by atoms with E-state index in [1.165, 1.54) is 16.0 Å². The van der Waals surface area contributed by atoms with Crippen LogP contribution in [0.2, 0.25) is 0 Å². The molecule has 0 bridgehead atoms. The Bertz CT molecular complexity index is 488. The summed E-state index contributed by atoms with van der Waals surface area (Å²) in [5.74, 6) is 0. The first kappa shape index (κ1) is 11.3. The van der Waals surface area contributed by atoms with Crippen LogP contribution in [-0.2, 0) is 6.54 Å². The van der Waals surface area contributed by atoms with Gasteiger partial charge in [0.05, 0.1) is 5.69 Å². The van der Waals surface area contributed by atoms with Crippen LogP contribution in [0, 0.1) is 13.8 Å². The molecule has 0 amide bonds. The van der Waals surface area contributed by atoms with Crippen LogP contribution in [0.15, 0.2) is 24.3 Å². The van der Waals surface area contributed by atoms with E-state index in [0.717, 1.165) is 17.2 Å². The number of hydrogen-bond donors (Lipinski definition) is 1. The second kappa shape index (κ2) is 4.76. The topological polar surface area (TPSA) is 24.9 Å². The molecule has 2 rings (SSSR count). The minimum Gasteiger partial charge on any atom is -0.315 e. The standard InChI is InChI=1S/C13H16N2S/c1-9-5-4-6-11(7-9)13-15-10(2)12(16-13)8-14-3/h4-7,14H,8H2,1-3H3. The largest absolute Gasteiger partial charge is 0.315 e. The van der Waals surface area contributed by atoms with Crippen molar-refractivity contribution in [2.75, 3.05) is 7.05 Å². The van der Waals surface area contributed by atoms with Crippen molar-refractivity contribution in [1.29, 1.82) is 0 Å². The number of benzene rings is 1. The molecule has 1 aromatic carbocycles. The van der Waals surface area contributed by atoms with Gasteiger partial charge in [-0.3, -0.25) is 0 Å². The molecule has 0 saturated heterocycles. The summed E-state index contributed by atoms with van der Waals surface area (Å²) in [7, 11) is 1.96. The van der Waals surface area contributed by atoms with Crippen LogP contribution in [0.25, 0.3) is 10.6 Å². The molecule has 84 valence electrons. The van der Waals surface area contributed by atoms with Gasteiger partial charge in [0.15, 0.2) is 0 Å². The predicted octanol–water partition coefficient (Wildman–Crippen LogP) is 3.15. The maximum absolute atomic E-state index is 4.62. The quantitative estimate of drug-likeness (QED) is 0.879. The third-order valence-corrected chi connectivity index (χ3v) is 3.70. The fraction of sp³-hybridized carbons (Fsp3) is 0.308. The molecule has 1 heterocycles. The fourth-order valence-electron chi connectivity index (χ4n) is 1.65. The summed E-state index contributed by atoms with van der Waals surface area (Å²) < 4.78 is 0. The third kappa shape index (κ3) is 2.31. The second-order valence-corrected chi connectivity index (χ2v) is 5.01. The third-order valence-electron chi connectivity index (χ3n) is 2.50. The van der Waals surface area contributed by atoms with E-state index in [-0.39, 0.29) is 0 Å². The van der Waals surface area contributed by atoms with E-state index >= 15 is 0 Å². The van der Waals surface area contributed by atoms with Crippen LogP contribution in [0.3, 0.4) is 0 Å². The molecule has 0 radical (unpaired) electrons.